The van der Waals surface area contributed by atoms with Gasteiger partial charge in [0.1, 0.15) is 13.2 Å². The molecule has 6 nitrogen and oxygen atoms in total. The van der Waals surface area contributed by atoms with Crippen molar-refractivity contribution in [1.29, 1.82) is 0 Å². The standard InChI is InChI=1S/C49H90O6/c1-4-7-10-13-16-19-22-23-24-25-28-30-33-36-39-42-48(51)54-45-46(55-49(52)43-40-37-34-31-27-21-18-15-12-9-6-3)44-53-47(50)41-38-35-32-29-26-20-17-14-11-8-5-2/h16,19,23-24,46H,4-15,17-18,20-22,25-45H2,1-3H3/b19-16-,24-23-/t46-/m1/s1. The van der Waals surface area contributed by atoms with Crippen LogP contribution in [0.2, 0.25) is 0 Å². The zero-order chi connectivity index (χ0) is 40.1. The first-order chi connectivity index (χ1) is 27.0. The van der Waals surface area contributed by atoms with Gasteiger partial charge in [0.25, 0.3) is 0 Å². The quantitative estimate of drug-likeness (QED) is 0.0266. The summed E-state index contributed by atoms with van der Waals surface area (Å²) >= 11 is 0. The summed E-state index contributed by atoms with van der Waals surface area (Å²) in [4.78, 5) is 37.7. The number of carbonyl (C=O) groups excluding carboxylic acids is 3. The van der Waals surface area contributed by atoms with E-state index in [1.807, 2.05) is 0 Å². The maximum Gasteiger partial charge on any atom is 0.306 e. The fourth-order valence-corrected chi connectivity index (χ4v) is 6.82. The van der Waals surface area contributed by atoms with Crippen LogP contribution in [0.3, 0.4) is 0 Å². The molecule has 0 heterocycles. The molecule has 0 unspecified atom stereocenters. The highest BCUT2D eigenvalue weighted by Gasteiger charge is 2.19. The van der Waals surface area contributed by atoms with Gasteiger partial charge in [0, 0.05) is 19.3 Å². The first-order valence-electron chi connectivity index (χ1n) is 23.8. The third kappa shape index (κ3) is 42.9. The first kappa shape index (κ1) is 52.9. The van der Waals surface area contributed by atoms with Crippen molar-refractivity contribution in [1.82, 2.24) is 0 Å². The van der Waals surface area contributed by atoms with E-state index in [4.69, 9.17) is 14.2 Å². The van der Waals surface area contributed by atoms with Crippen LogP contribution >= 0.6 is 0 Å². The molecule has 0 aromatic heterocycles. The Hall–Kier alpha value is -2.11. The topological polar surface area (TPSA) is 78.9 Å². The van der Waals surface area contributed by atoms with Crippen LogP contribution in [0.4, 0.5) is 0 Å². The maximum absolute atomic E-state index is 12.7. The fraction of sp³-hybridized carbons (Fsp3) is 0.857. The van der Waals surface area contributed by atoms with Crippen molar-refractivity contribution in [3.05, 3.63) is 24.3 Å². The van der Waals surface area contributed by atoms with Gasteiger partial charge in [-0.15, -0.1) is 0 Å². The number of carbonyl (C=O) groups is 3. The minimum Gasteiger partial charge on any atom is -0.462 e. The van der Waals surface area contributed by atoms with Gasteiger partial charge in [0.05, 0.1) is 0 Å². The number of esters is 3. The van der Waals surface area contributed by atoms with E-state index in [9.17, 15) is 14.4 Å². The molecule has 0 saturated carbocycles. The molecule has 0 aromatic carbocycles. The summed E-state index contributed by atoms with van der Waals surface area (Å²) in [5, 5.41) is 0. The molecule has 0 aliphatic rings. The fourth-order valence-electron chi connectivity index (χ4n) is 6.82. The number of hydrogen-bond acceptors (Lipinski definition) is 6. The van der Waals surface area contributed by atoms with E-state index in [1.165, 1.54) is 135 Å². The average molecular weight is 775 g/mol. The Balaban J connectivity index is 4.35. The third-order valence-corrected chi connectivity index (χ3v) is 10.5. The van der Waals surface area contributed by atoms with Crippen molar-refractivity contribution in [3.63, 3.8) is 0 Å². The summed E-state index contributed by atoms with van der Waals surface area (Å²) < 4.78 is 16.7. The average Bonchev–Trinajstić information content (AvgIpc) is 3.18. The molecule has 0 aromatic rings. The molecule has 322 valence electrons. The lowest BCUT2D eigenvalue weighted by molar-refractivity contribution is -0.167. The van der Waals surface area contributed by atoms with E-state index >= 15 is 0 Å². The molecule has 0 N–H and O–H groups in total. The van der Waals surface area contributed by atoms with Crippen molar-refractivity contribution < 1.29 is 28.6 Å². The SMILES string of the molecule is CCCCC/C=C\C/C=C\CCCCCCCC(=O)OC[C@@H](COC(=O)CCCCCCCCCCCCC)OC(=O)CCCCCCCCCCCCC. The number of unbranched alkanes of at least 4 members (excludes halogenated alkanes) is 28. The molecule has 0 bridgehead atoms. The highest BCUT2D eigenvalue weighted by molar-refractivity contribution is 5.71. The molecular formula is C49H90O6. The van der Waals surface area contributed by atoms with Crippen molar-refractivity contribution in [3.8, 4) is 0 Å². The molecule has 55 heavy (non-hydrogen) atoms. The number of rotatable bonds is 43. The highest BCUT2D eigenvalue weighted by atomic mass is 16.6. The molecule has 0 spiro atoms. The molecule has 0 radical (unpaired) electrons. The largest absolute Gasteiger partial charge is 0.462 e. The first-order valence-corrected chi connectivity index (χ1v) is 23.8. The third-order valence-electron chi connectivity index (χ3n) is 10.5. The Bertz CT molecular complexity index is 896. The molecule has 0 aliphatic carbocycles. The van der Waals surface area contributed by atoms with Gasteiger partial charge >= 0.3 is 17.9 Å². The predicted molar refractivity (Wildman–Crippen MR) is 233 cm³/mol. The number of ether oxygens (including phenoxy) is 3. The second-order valence-corrected chi connectivity index (χ2v) is 16.0. The van der Waals surface area contributed by atoms with Crippen LogP contribution in [0, 0.1) is 0 Å². The van der Waals surface area contributed by atoms with Crippen LogP contribution in [0.1, 0.15) is 252 Å². The lowest BCUT2D eigenvalue weighted by Gasteiger charge is -2.18. The van der Waals surface area contributed by atoms with Crippen molar-refractivity contribution in [2.75, 3.05) is 13.2 Å². The summed E-state index contributed by atoms with van der Waals surface area (Å²) in [5.74, 6) is -0.879. The van der Waals surface area contributed by atoms with Crippen LogP contribution < -0.4 is 0 Å². The molecule has 0 amide bonds. The zero-order valence-corrected chi connectivity index (χ0v) is 36.7. The van der Waals surface area contributed by atoms with Crippen molar-refractivity contribution in [2.45, 2.75) is 258 Å². The summed E-state index contributed by atoms with van der Waals surface area (Å²) in [5.41, 5.74) is 0. The lowest BCUT2D eigenvalue weighted by Crippen LogP contribution is -2.30. The Kier molecular flexibility index (Phi) is 42.9. The van der Waals surface area contributed by atoms with Crippen LogP contribution in [0.15, 0.2) is 24.3 Å². The molecule has 0 aliphatic heterocycles. The van der Waals surface area contributed by atoms with E-state index < -0.39 is 6.10 Å². The Morgan fingerprint density at radius 3 is 1.04 bits per heavy atom. The lowest BCUT2D eigenvalue weighted by atomic mass is 10.1. The minimum absolute atomic E-state index is 0.0716. The van der Waals surface area contributed by atoms with E-state index in [-0.39, 0.29) is 31.1 Å². The second kappa shape index (κ2) is 44.6. The Morgan fingerprint density at radius 2 is 0.655 bits per heavy atom. The highest BCUT2D eigenvalue weighted by Crippen LogP contribution is 2.15. The summed E-state index contributed by atoms with van der Waals surface area (Å²) in [7, 11) is 0. The summed E-state index contributed by atoms with van der Waals surface area (Å²) in [6, 6.07) is 0. The number of hydrogen-bond donors (Lipinski definition) is 0. The van der Waals surface area contributed by atoms with Gasteiger partial charge in [0.15, 0.2) is 6.10 Å². The van der Waals surface area contributed by atoms with E-state index in [0.717, 1.165) is 77.0 Å². The van der Waals surface area contributed by atoms with E-state index in [2.05, 4.69) is 45.1 Å². The second-order valence-electron chi connectivity index (χ2n) is 16.0. The normalized spacial score (nSPS) is 12.1. The van der Waals surface area contributed by atoms with E-state index in [1.54, 1.807) is 0 Å². The van der Waals surface area contributed by atoms with Gasteiger partial charge in [-0.05, 0) is 51.4 Å². The van der Waals surface area contributed by atoms with Crippen molar-refractivity contribution in [2.24, 2.45) is 0 Å². The predicted octanol–water partition coefficient (Wildman–Crippen LogP) is 15.2. The van der Waals surface area contributed by atoms with Crippen LogP contribution in [-0.4, -0.2) is 37.2 Å². The van der Waals surface area contributed by atoms with Gasteiger partial charge in [-0.3, -0.25) is 14.4 Å². The molecular weight excluding hydrogens is 685 g/mol. The zero-order valence-electron chi connectivity index (χ0n) is 36.7. The Morgan fingerprint density at radius 1 is 0.364 bits per heavy atom. The molecule has 0 rings (SSSR count). The van der Waals surface area contributed by atoms with Gasteiger partial charge < -0.3 is 14.2 Å². The van der Waals surface area contributed by atoms with Gasteiger partial charge in [-0.25, -0.2) is 0 Å². The summed E-state index contributed by atoms with van der Waals surface area (Å²) in [6.07, 6.45) is 48.7. The monoisotopic (exact) mass is 775 g/mol. The van der Waals surface area contributed by atoms with E-state index in [0.29, 0.717) is 19.3 Å². The number of allylic oxidation sites excluding steroid dienone is 4. The smallest absolute Gasteiger partial charge is 0.306 e. The van der Waals surface area contributed by atoms with Crippen LogP contribution in [0.25, 0.3) is 0 Å². The molecule has 0 fully saturated rings. The molecule has 0 saturated heterocycles. The van der Waals surface area contributed by atoms with Gasteiger partial charge in [0.2, 0.25) is 0 Å². The van der Waals surface area contributed by atoms with Crippen LogP contribution in [-0.2, 0) is 28.6 Å². The minimum atomic E-state index is -0.768. The van der Waals surface area contributed by atoms with Gasteiger partial charge in [-0.2, -0.15) is 0 Å². The molecule has 6 heteroatoms. The van der Waals surface area contributed by atoms with Gasteiger partial charge in [-0.1, -0.05) is 206 Å². The maximum atomic E-state index is 12.7. The molecule has 1 atom stereocenters. The Labute approximate surface area is 341 Å². The van der Waals surface area contributed by atoms with Crippen molar-refractivity contribution >= 4 is 17.9 Å². The van der Waals surface area contributed by atoms with Crippen LogP contribution in [0.5, 0.6) is 0 Å². The summed E-state index contributed by atoms with van der Waals surface area (Å²) in [6.45, 7) is 6.59.